The van der Waals surface area contributed by atoms with Gasteiger partial charge in [0.2, 0.25) is 0 Å². The molecule has 0 bridgehead atoms. The molecule has 2 aromatic rings. The molecule has 0 amide bonds. The number of nitrogens with one attached hydrogen (secondary N) is 1. The first-order valence-corrected chi connectivity index (χ1v) is 12.5. The third-order valence-electron chi connectivity index (χ3n) is 6.06. The Balaban J connectivity index is 0.00000272. The van der Waals surface area contributed by atoms with E-state index in [2.05, 4.69) is 78.4 Å². The fraction of sp³-hybridized carbons (Fsp3) is 0.480. The molecule has 168 valence electrons. The summed E-state index contributed by atoms with van der Waals surface area (Å²) in [6.45, 7) is 10.1. The zero-order valence-corrected chi connectivity index (χ0v) is 21.2. The van der Waals surface area contributed by atoms with Gasteiger partial charge in [-0.25, -0.2) is 0 Å². The lowest BCUT2D eigenvalue weighted by Gasteiger charge is -2.42. The number of likely N-dealkylation sites (tertiary alicyclic amines) is 1. The standard InChI is InChI=1S/C25H33N3S2.ClH/c1-4-24(27-15-7-8-16-27)28-20-9-5-6-10-22(20)30-23-12-11-19(17-21(23)28)25(29)26-14-13-18(2)3;/h5-6,9-12,17-18,24H,4,7-8,13-16H2,1-3H3,(H,26,29);1H. The highest BCUT2D eigenvalue weighted by Gasteiger charge is 2.33. The van der Waals surface area contributed by atoms with Crippen LogP contribution in [-0.4, -0.2) is 35.7 Å². The Morgan fingerprint density at radius 2 is 1.77 bits per heavy atom. The minimum Gasteiger partial charge on any atom is -0.376 e. The van der Waals surface area contributed by atoms with Crippen LogP contribution in [0.4, 0.5) is 11.4 Å². The minimum absolute atomic E-state index is 0. The van der Waals surface area contributed by atoms with E-state index in [4.69, 9.17) is 12.2 Å². The van der Waals surface area contributed by atoms with Gasteiger partial charge >= 0.3 is 0 Å². The largest absolute Gasteiger partial charge is 0.376 e. The molecule has 2 aliphatic rings. The maximum absolute atomic E-state index is 5.75. The quantitative estimate of drug-likeness (QED) is 0.440. The van der Waals surface area contributed by atoms with E-state index in [0.717, 1.165) is 29.9 Å². The number of thiocarbonyl (C=S) groups is 1. The van der Waals surface area contributed by atoms with E-state index in [1.165, 1.54) is 47.1 Å². The van der Waals surface area contributed by atoms with Gasteiger partial charge in [-0.15, -0.1) is 12.4 Å². The van der Waals surface area contributed by atoms with Gasteiger partial charge in [-0.05, 0) is 55.9 Å². The summed E-state index contributed by atoms with van der Waals surface area (Å²) in [6, 6.07) is 15.6. The Bertz CT molecular complexity index is 896. The summed E-state index contributed by atoms with van der Waals surface area (Å²) in [6.07, 6.45) is 5.22. The van der Waals surface area contributed by atoms with Gasteiger partial charge in [-0.2, -0.15) is 0 Å². The number of nitrogens with zero attached hydrogens (tertiary/aromatic N) is 2. The van der Waals surface area contributed by atoms with E-state index in [9.17, 15) is 0 Å². The van der Waals surface area contributed by atoms with Crippen LogP contribution in [0.3, 0.4) is 0 Å². The Morgan fingerprint density at radius 3 is 2.48 bits per heavy atom. The van der Waals surface area contributed by atoms with Crippen LogP contribution < -0.4 is 10.2 Å². The number of para-hydroxylation sites is 1. The second-order valence-corrected chi connectivity index (χ2v) is 10.2. The van der Waals surface area contributed by atoms with Crippen molar-refractivity contribution in [1.29, 1.82) is 0 Å². The molecule has 4 rings (SSSR count). The summed E-state index contributed by atoms with van der Waals surface area (Å²) in [5.74, 6) is 0.679. The van der Waals surface area contributed by atoms with E-state index >= 15 is 0 Å². The topological polar surface area (TPSA) is 18.5 Å². The van der Waals surface area contributed by atoms with Crippen LogP contribution in [0.15, 0.2) is 52.3 Å². The van der Waals surface area contributed by atoms with Crippen molar-refractivity contribution >= 4 is 52.8 Å². The van der Waals surface area contributed by atoms with E-state index in [1.807, 2.05) is 11.8 Å². The molecule has 3 nitrogen and oxygen atoms in total. The number of rotatable bonds is 7. The normalized spacial score (nSPS) is 16.5. The molecule has 31 heavy (non-hydrogen) atoms. The highest BCUT2D eigenvalue weighted by molar-refractivity contribution is 7.99. The van der Waals surface area contributed by atoms with E-state index < -0.39 is 0 Å². The molecule has 1 unspecified atom stereocenters. The lowest BCUT2D eigenvalue weighted by molar-refractivity contribution is 0.239. The lowest BCUT2D eigenvalue weighted by atomic mass is 10.1. The van der Waals surface area contributed by atoms with E-state index in [-0.39, 0.29) is 12.4 Å². The molecule has 1 saturated heterocycles. The summed E-state index contributed by atoms with van der Waals surface area (Å²) in [5.41, 5.74) is 3.74. The number of benzene rings is 2. The number of anilines is 2. The second kappa shape index (κ2) is 11.0. The van der Waals surface area contributed by atoms with Crippen molar-refractivity contribution in [2.24, 2.45) is 5.92 Å². The van der Waals surface area contributed by atoms with Crippen LogP contribution in [0, 0.1) is 5.92 Å². The van der Waals surface area contributed by atoms with Gasteiger partial charge in [0.15, 0.2) is 0 Å². The summed E-state index contributed by atoms with van der Waals surface area (Å²) in [5, 5.41) is 3.47. The molecule has 0 radical (unpaired) electrons. The fourth-order valence-corrected chi connectivity index (χ4v) is 5.75. The Kier molecular flexibility index (Phi) is 8.68. The van der Waals surface area contributed by atoms with E-state index in [0.29, 0.717) is 12.1 Å². The van der Waals surface area contributed by atoms with Gasteiger partial charge in [0.05, 0.1) is 17.5 Å². The van der Waals surface area contributed by atoms with Crippen LogP contribution in [0.2, 0.25) is 0 Å². The lowest BCUT2D eigenvalue weighted by Crippen LogP contribution is -2.45. The zero-order valence-electron chi connectivity index (χ0n) is 18.8. The smallest absolute Gasteiger partial charge is 0.106 e. The maximum atomic E-state index is 5.75. The van der Waals surface area contributed by atoms with Crippen molar-refractivity contribution < 1.29 is 0 Å². The highest BCUT2D eigenvalue weighted by Crippen LogP contribution is 2.50. The predicted octanol–water partition coefficient (Wildman–Crippen LogP) is 6.85. The van der Waals surface area contributed by atoms with Gasteiger partial charge in [-0.3, -0.25) is 4.90 Å². The first-order chi connectivity index (χ1) is 14.6. The number of hydrogen-bond donors (Lipinski definition) is 1. The molecule has 0 spiro atoms. The predicted molar refractivity (Wildman–Crippen MR) is 140 cm³/mol. The molecular formula is C25H34ClN3S2. The van der Waals surface area contributed by atoms with Crippen LogP contribution in [0.1, 0.15) is 52.0 Å². The van der Waals surface area contributed by atoms with Crippen molar-refractivity contribution in [2.45, 2.75) is 62.4 Å². The third-order valence-corrected chi connectivity index (χ3v) is 7.57. The molecule has 1 N–H and O–H groups in total. The molecule has 0 aromatic heterocycles. The second-order valence-electron chi connectivity index (χ2n) is 8.69. The van der Waals surface area contributed by atoms with Crippen LogP contribution >= 0.6 is 36.4 Å². The molecular weight excluding hydrogens is 442 g/mol. The molecule has 0 aliphatic carbocycles. The molecule has 1 fully saturated rings. The summed E-state index contributed by atoms with van der Waals surface area (Å²) < 4.78 is 0. The highest BCUT2D eigenvalue weighted by atomic mass is 35.5. The Morgan fingerprint density at radius 1 is 1.06 bits per heavy atom. The number of fused-ring (bicyclic) bond motifs is 2. The van der Waals surface area contributed by atoms with Gasteiger partial charge in [0, 0.05) is 35.0 Å². The van der Waals surface area contributed by atoms with Gasteiger partial charge in [0.25, 0.3) is 0 Å². The third kappa shape index (κ3) is 5.39. The van der Waals surface area contributed by atoms with Crippen molar-refractivity contribution in [3.8, 4) is 0 Å². The molecule has 2 aliphatic heterocycles. The fourth-order valence-electron chi connectivity index (χ4n) is 4.47. The van der Waals surface area contributed by atoms with Crippen molar-refractivity contribution in [2.75, 3.05) is 24.5 Å². The Hall–Kier alpha value is -1.27. The maximum Gasteiger partial charge on any atom is 0.106 e. The molecule has 2 aromatic carbocycles. The SMILES string of the molecule is CCC(N1CCCC1)N1c2ccccc2Sc2ccc(C(=S)NCCC(C)C)cc21.Cl. The molecule has 0 saturated carbocycles. The van der Waals surface area contributed by atoms with Gasteiger partial charge in [0.1, 0.15) is 4.99 Å². The molecule has 1 atom stereocenters. The average Bonchev–Trinajstić information content (AvgIpc) is 3.27. The van der Waals surface area contributed by atoms with Crippen LogP contribution in [0.5, 0.6) is 0 Å². The summed E-state index contributed by atoms with van der Waals surface area (Å²) in [7, 11) is 0. The number of hydrogen-bond acceptors (Lipinski definition) is 4. The summed E-state index contributed by atoms with van der Waals surface area (Å²) in [4.78, 5) is 8.75. The van der Waals surface area contributed by atoms with Gasteiger partial charge < -0.3 is 10.2 Å². The van der Waals surface area contributed by atoms with Crippen molar-refractivity contribution in [3.63, 3.8) is 0 Å². The van der Waals surface area contributed by atoms with Crippen LogP contribution in [0.25, 0.3) is 0 Å². The van der Waals surface area contributed by atoms with Crippen LogP contribution in [-0.2, 0) is 0 Å². The summed E-state index contributed by atoms with van der Waals surface area (Å²) >= 11 is 7.62. The number of halogens is 1. The van der Waals surface area contributed by atoms with Crippen molar-refractivity contribution in [3.05, 3.63) is 48.0 Å². The average molecular weight is 476 g/mol. The Labute approximate surface area is 203 Å². The molecule has 6 heteroatoms. The molecule has 2 heterocycles. The minimum atomic E-state index is 0. The first kappa shape index (κ1) is 24.4. The van der Waals surface area contributed by atoms with Crippen molar-refractivity contribution in [1.82, 2.24) is 10.2 Å². The van der Waals surface area contributed by atoms with E-state index in [1.54, 1.807) is 0 Å². The zero-order chi connectivity index (χ0) is 21.1. The van der Waals surface area contributed by atoms with Gasteiger partial charge in [-0.1, -0.05) is 63.0 Å². The monoisotopic (exact) mass is 475 g/mol. The first-order valence-electron chi connectivity index (χ1n) is 11.3.